The summed E-state index contributed by atoms with van der Waals surface area (Å²) in [6.07, 6.45) is 12.7. The van der Waals surface area contributed by atoms with Gasteiger partial charge in [0, 0.05) is 107 Å². The molecule has 17 heteroatoms. The molecule has 0 radical (unpaired) electrons. The van der Waals surface area contributed by atoms with Crippen LogP contribution in [0.3, 0.4) is 0 Å². The number of nitrogens with one attached hydrogen (secondary N) is 2. The fourth-order valence-electron chi connectivity index (χ4n) is 11.1. The maximum Gasteiger partial charge on any atom is 0.263 e. The topological polar surface area (TPSA) is 178 Å². The van der Waals surface area contributed by atoms with Gasteiger partial charge in [0.15, 0.2) is 5.78 Å². The van der Waals surface area contributed by atoms with Crippen molar-refractivity contribution in [3.8, 4) is 0 Å². The number of imide groups is 1. The van der Waals surface area contributed by atoms with Gasteiger partial charge in [-0.3, -0.25) is 38.8 Å². The largest absolute Gasteiger partial charge is 0.375 e. The van der Waals surface area contributed by atoms with Crippen molar-refractivity contribution in [1.82, 2.24) is 39.5 Å². The molecular formula is C49H61N11O6. The number of pyridine rings is 2. The van der Waals surface area contributed by atoms with Crippen molar-refractivity contribution in [1.29, 1.82) is 0 Å². The van der Waals surface area contributed by atoms with Crippen molar-refractivity contribution in [2.24, 2.45) is 0 Å². The number of ether oxygens (including phenoxy) is 1. The van der Waals surface area contributed by atoms with Gasteiger partial charge in [-0.15, -0.1) is 0 Å². The number of hydrogen-bond donors (Lipinski definition) is 2. The van der Waals surface area contributed by atoms with Gasteiger partial charge in [-0.05, 0) is 100 Å². The molecule has 1 saturated carbocycles. The number of ketones is 1. The Balaban J connectivity index is 0.641. The SMILES string of the molecule is CC(=O)c1c(C)c2cnc(Nc3ccc(N4CCN(CCN5CCC(OC6CCN(c7ccc8c(c7)CN(C7CCC(=O)NC7=O)C8=O)CC6)CC5)CC4)cn3)nc2n(C2CCCC2)c1=O. The molecule has 1 unspecified atom stereocenters. The fourth-order valence-corrected chi connectivity index (χ4v) is 11.1. The number of aryl methyl sites for hydroxylation is 1. The Morgan fingerprint density at radius 3 is 2.15 bits per heavy atom. The number of piperazine rings is 1. The van der Waals surface area contributed by atoms with Crippen LogP contribution in [0.5, 0.6) is 0 Å². The highest BCUT2D eigenvalue weighted by Gasteiger charge is 2.39. The lowest BCUT2D eigenvalue weighted by Crippen LogP contribution is -2.52. The van der Waals surface area contributed by atoms with Gasteiger partial charge in [0.1, 0.15) is 17.5 Å². The minimum atomic E-state index is -0.600. The molecule has 5 fully saturated rings. The van der Waals surface area contributed by atoms with Crippen LogP contribution in [0.25, 0.3) is 11.0 Å². The standard InChI is InChI=1S/C49H61N11O6/c1-31-40-29-51-49(54-45(40)60(34-5-3-4-6-34)48(65)44(31)32(2)61)52-42-11-8-36(28-50-42)58-25-23-56(24-26-58)22-21-55-17-13-37(14-18-55)66-38-15-19-57(20-16-38)35-7-9-39-33(27-35)30-59(47(39)64)41-10-12-43(62)53-46(41)63/h7-9,11,27-29,34,37-38,41H,3-6,10,12-26,30H2,1-2H3,(H,53,62,63)(H,50,51,52,54). The maximum absolute atomic E-state index is 13.6. The van der Waals surface area contributed by atoms with E-state index in [-0.39, 0.29) is 53.2 Å². The molecule has 0 spiro atoms. The lowest BCUT2D eigenvalue weighted by atomic mass is 10.0. The molecule has 1 atom stereocenters. The Bertz CT molecular complexity index is 2550. The Kier molecular flexibility index (Phi) is 12.6. The third-order valence-electron chi connectivity index (χ3n) is 14.9. The molecule has 2 N–H and O–H groups in total. The lowest BCUT2D eigenvalue weighted by Gasteiger charge is -2.39. The molecule has 3 amide bonds. The molecule has 5 aliphatic heterocycles. The van der Waals surface area contributed by atoms with Crippen LogP contribution in [0.15, 0.2) is 47.5 Å². The van der Waals surface area contributed by atoms with Gasteiger partial charge < -0.3 is 29.7 Å². The first-order valence-corrected chi connectivity index (χ1v) is 24.1. The summed E-state index contributed by atoms with van der Waals surface area (Å²) in [5.41, 5.74) is 4.92. The smallest absolute Gasteiger partial charge is 0.263 e. The first-order chi connectivity index (χ1) is 32.1. The van der Waals surface area contributed by atoms with Gasteiger partial charge in [-0.2, -0.15) is 4.98 Å². The number of rotatable bonds is 12. The Morgan fingerprint density at radius 2 is 1.47 bits per heavy atom. The third-order valence-corrected chi connectivity index (χ3v) is 14.9. The third kappa shape index (κ3) is 9.04. The zero-order chi connectivity index (χ0) is 45.5. The van der Waals surface area contributed by atoms with Gasteiger partial charge >= 0.3 is 0 Å². The minimum Gasteiger partial charge on any atom is -0.375 e. The van der Waals surface area contributed by atoms with Crippen molar-refractivity contribution < 1.29 is 23.9 Å². The molecule has 66 heavy (non-hydrogen) atoms. The van der Waals surface area contributed by atoms with Crippen LogP contribution in [0.2, 0.25) is 0 Å². The first kappa shape index (κ1) is 44.1. The number of benzene rings is 1. The van der Waals surface area contributed by atoms with E-state index in [1.165, 1.54) is 6.92 Å². The Hall–Kier alpha value is -5.78. The average Bonchev–Trinajstić information content (AvgIpc) is 3.97. The van der Waals surface area contributed by atoms with Crippen LogP contribution >= 0.6 is 0 Å². The van der Waals surface area contributed by atoms with E-state index in [0.717, 1.165) is 139 Å². The summed E-state index contributed by atoms with van der Waals surface area (Å²) in [4.78, 5) is 89.0. The quantitative estimate of drug-likeness (QED) is 0.149. The van der Waals surface area contributed by atoms with Crippen molar-refractivity contribution in [3.05, 3.63) is 75.3 Å². The number of anilines is 4. The van der Waals surface area contributed by atoms with Crippen LogP contribution in [-0.4, -0.2) is 141 Å². The molecule has 0 bridgehead atoms. The summed E-state index contributed by atoms with van der Waals surface area (Å²) in [7, 11) is 0. The van der Waals surface area contributed by atoms with Gasteiger partial charge in [0.25, 0.3) is 11.5 Å². The summed E-state index contributed by atoms with van der Waals surface area (Å²) in [6.45, 7) is 13.6. The monoisotopic (exact) mass is 899 g/mol. The maximum atomic E-state index is 13.6. The van der Waals surface area contributed by atoms with Crippen LogP contribution in [0, 0.1) is 6.92 Å². The van der Waals surface area contributed by atoms with Gasteiger partial charge in [0.05, 0.1) is 29.7 Å². The molecule has 4 saturated heterocycles. The second kappa shape index (κ2) is 18.8. The molecule has 1 aromatic carbocycles. The predicted octanol–water partition coefficient (Wildman–Crippen LogP) is 4.59. The second-order valence-electron chi connectivity index (χ2n) is 19.1. The molecular weight excluding hydrogens is 839 g/mol. The van der Waals surface area contributed by atoms with Crippen molar-refractivity contribution in [2.75, 3.05) is 80.6 Å². The van der Waals surface area contributed by atoms with Crippen LogP contribution in [-0.2, 0) is 20.9 Å². The highest BCUT2D eigenvalue weighted by molar-refractivity contribution is 6.05. The van der Waals surface area contributed by atoms with E-state index in [9.17, 15) is 24.0 Å². The molecule has 348 valence electrons. The first-order valence-electron chi connectivity index (χ1n) is 24.1. The number of piperidine rings is 3. The minimum absolute atomic E-state index is 0.0203. The van der Waals surface area contributed by atoms with Gasteiger partial charge in [0.2, 0.25) is 17.8 Å². The number of fused-ring (bicyclic) bond motifs is 2. The number of nitrogens with zero attached hydrogens (tertiary/aromatic N) is 9. The van der Waals surface area contributed by atoms with E-state index in [2.05, 4.69) is 47.3 Å². The van der Waals surface area contributed by atoms with E-state index >= 15 is 0 Å². The highest BCUT2D eigenvalue weighted by atomic mass is 16.5. The molecule has 8 heterocycles. The summed E-state index contributed by atoms with van der Waals surface area (Å²) >= 11 is 0. The van der Waals surface area contributed by atoms with E-state index in [1.807, 2.05) is 24.4 Å². The zero-order valence-corrected chi connectivity index (χ0v) is 38.2. The zero-order valence-electron chi connectivity index (χ0n) is 38.2. The molecule has 6 aliphatic rings. The average molecular weight is 900 g/mol. The van der Waals surface area contributed by atoms with Crippen LogP contribution in [0.4, 0.5) is 23.1 Å². The Morgan fingerprint density at radius 1 is 0.788 bits per heavy atom. The lowest BCUT2D eigenvalue weighted by molar-refractivity contribution is -0.136. The van der Waals surface area contributed by atoms with Crippen molar-refractivity contribution >= 4 is 57.7 Å². The summed E-state index contributed by atoms with van der Waals surface area (Å²) in [5.74, 6) is -0.0400. The van der Waals surface area contributed by atoms with Gasteiger partial charge in [-0.1, -0.05) is 12.8 Å². The molecule has 4 aromatic rings. The van der Waals surface area contributed by atoms with E-state index in [1.54, 1.807) is 22.6 Å². The predicted molar refractivity (Wildman–Crippen MR) is 250 cm³/mol. The highest BCUT2D eigenvalue weighted by Crippen LogP contribution is 2.34. The molecule has 17 nitrogen and oxygen atoms in total. The molecule has 3 aromatic heterocycles. The molecule has 1 aliphatic carbocycles. The summed E-state index contributed by atoms with van der Waals surface area (Å²) < 4.78 is 8.40. The Labute approximate surface area is 384 Å². The second-order valence-corrected chi connectivity index (χ2v) is 19.1. The number of likely N-dealkylation sites (tertiary alicyclic amines) is 1. The number of amides is 3. The number of aromatic nitrogens is 4. The van der Waals surface area contributed by atoms with Crippen LogP contribution < -0.4 is 26.0 Å². The summed E-state index contributed by atoms with van der Waals surface area (Å²) in [6, 6.07) is 9.46. The van der Waals surface area contributed by atoms with Crippen molar-refractivity contribution in [2.45, 2.75) is 109 Å². The van der Waals surface area contributed by atoms with Gasteiger partial charge in [-0.25, -0.2) is 9.97 Å². The number of hydrogen-bond acceptors (Lipinski definition) is 14. The normalized spacial score (nSPS) is 21.8. The fraction of sp³-hybridized carbons (Fsp3) is 0.551. The summed E-state index contributed by atoms with van der Waals surface area (Å²) in [5, 5.41) is 6.34. The van der Waals surface area contributed by atoms with E-state index < -0.39 is 6.04 Å². The van der Waals surface area contributed by atoms with E-state index in [4.69, 9.17) is 14.7 Å². The molecule has 10 rings (SSSR count). The van der Waals surface area contributed by atoms with Crippen LogP contribution in [0.1, 0.15) is 109 Å². The van der Waals surface area contributed by atoms with Crippen molar-refractivity contribution in [3.63, 3.8) is 0 Å². The van der Waals surface area contributed by atoms with E-state index in [0.29, 0.717) is 47.6 Å². The number of carbonyl (C=O) groups excluding carboxylic acids is 4. The number of Topliss-reactive ketones (excluding diaryl/α,β-unsaturated/α-hetero) is 1. The number of carbonyl (C=O) groups is 4.